The van der Waals surface area contributed by atoms with Crippen molar-refractivity contribution >= 4 is 71.2 Å². The Morgan fingerprint density at radius 3 is 2.69 bits per heavy atom. The maximum atomic E-state index is 12.9. The number of imidazole rings is 1. The normalized spacial score (nSPS) is 12.0. The zero-order valence-electron chi connectivity index (χ0n) is 15.1. The zero-order chi connectivity index (χ0) is 20.5. The van der Waals surface area contributed by atoms with E-state index in [4.69, 9.17) is 9.47 Å². The van der Waals surface area contributed by atoms with Crippen LogP contribution in [0.1, 0.15) is 12.5 Å². The number of aromatic nitrogens is 2. The van der Waals surface area contributed by atoms with Gasteiger partial charge in [0.05, 0.1) is 31.1 Å². The van der Waals surface area contributed by atoms with Gasteiger partial charge in [-0.2, -0.15) is 0 Å². The first kappa shape index (κ1) is 20.1. The maximum absolute atomic E-state index is 12.9. The highest BCUT2D eigenvalue weighted by molar-refractivity contribution is 9.11. The number of benzene rings is 2. The van der Waals surface area contributed by atoms with Crippen LogP contribution in [0.2, 0.25) is 0 Å². The molecule has 2 aromatic heterocycles. The Hall–Kier alpha value is -2.23. The molecule has 0 aliphatic rings. The number of rotatable bonds is 5. The summed E-state index contributed by atoms with van der Waals surface area (Å²) in [6, 6.07) is 11.2. The van der Waals surface area contributed by atoms with Crippen molar-refractivity contribution in [2.45, 2.75) is 6.92 Å². The molecule has 0 aliphatic carbocycles. The average Bonchev–Trinajstić information content (AvgIpc) is 3.18. The molecule has 0 radical (unpaired) electrons. The molecule has 0 unspecified atom stereocenters. The van der Waals surface area contributed by atoms with E-state index < -0.39 is 5.97 Å². The maximum Gasteiger partial charge on any atom is 0.344 e. The van der Waals surface area contributed by atoms with E-state index in [0.29, 0.717) is 30.8 Å². The monoisotopic (exact) mass is 536 g/mol. The minimum Gasteiger partial charge on any atom is -0.480 e. The van der Waals surface area contributed by atoms with E-state index in [2.05, 4.69) is 36.8 Å². The molecular formula is C20H14Br2N2O4S. The molecule has 0 bridgehead atoms. The largest absolute Gasteiger partial charge is 0.480 e. The van der Waals surface area contributed by atoms with E-state index in [-0.39, 0.29) is 12.2 Å². The summed E-state index contributed by atoms with van der Waals surface area (Å²) in [5, 5.41) is 0. The van der Waals surface area contributed by atoms with Gasteiger partial charge in [0, 0.05) is 0 Å². The Morgan fingerprint density at radius 1 is 1.24 bits per heavy atom. The molecule has 0 saturated carbocycles. The number of fused-ring (bicyclic) bond motifs is 3. The lowest BCUT2D eigenvalue weighted by atomic mass is 10.2. The summed E-state index contributed by atoms with van der Waals surface area (Å²) in [6.07, 6.45) is 1.81. The van der Waals surface area contributed by atoms with Crippen LogP contribution in [0, 0.1) is 0 Å². The first-order chi connectivity index (χ1) is 14.0. The summed E-state index contributed by atoms with van der Waals surface area (Å²) in [5.41, 5.74) is 2.30. The number of thiazole rings is 1. The van der Waals surface area contributed by atoms with Gasteiger partial charge < -0.3 is 9.47 Å². The number of esters is 1. The van der Waals surface area contributed by atoms with Gasteiger partial charge in [-0.1, -0.05) is 23.5 Å². The second-order valence-corrected chi connectivity index (χ2v) is 8.76. The molecule has 0 amide bonds. The lowest BCUT2D eigenvalue weighted by molar-refractivity contribution is -0.145. The summed E-state index contributed by atoms with van der Waals surface area (Å²) >= 11 is 8.26. The van der Waals surface area contributed by atoms with Crippen molar-refractivity contribution in [3.8, 4) is 5.75 Å². The Morgan fingerprint density at radius 2 is 1.97 bits per heavy atom. The zero-order valence-corrected chi connectivity index (χ0v) is 19.1. The number of hydrogen-bond donors (Lipinski definition) is 0. The fourth-order valence-corrected chi connectivity index (χ4v) is 5.34. The van der Waals surface area contributed by atoms with Gasteiger partial charge in [0.15, 0.2) is 11.6 Å². The Balaban J connectivity index is 1.70. The van der Waals surface area contributed by atoms with Crippen LogP contribution in [0.15, 0.2) is 50.1 Å². The first-order valence-electron chi connectivity index (χ1n) is 8.67. The number of ether oxygens (including phenoxy) is 2. The van der Waals surface area contributed by atoms with Crippen LogP contribution < -0.4 is 14.8 Å². The van der Waals surface area contributed by atoms with Crippen molar-refractivity contribution in [2.24, 2.45) is 0 Å². The van der Waals surface area contributed by atoms with Crippen molar-refractivity contribution < 1.29 is 14.3 Å². The molecule has 29 heavy (non-hydrogen) atoms. The SMILES string of the molecule is CCOC(=O)COc1c(Br)cc(/C=c2\sc3nc4ccccc4n3c2=O)cc1Br. The summed E-state index contributed by atoms with van der Waals surface area (Å²) in [4.78, 5) is 29.6. The van der Waals surface area contributed by atoms with Crippen LogP contribution in [-0.4, -0.2) is 28.6 Å². The Bertz CT molecular complexity index is 1320. The molecule has 0 fully saturated rings. The molecule has 0 atom stereocenters. The van der Waals surface area contributed by atoms with Crippen molar-refractivity contribution in [2.75, 3.05) is 13.2 Å². The molecule has 0 spiro atoms. The van der Waals surface area contributed by atoms with E-state index >= 15 is 0 Å². The second-order valence-electron chi connectivity index (χ2n) is 6.04. The van der Waals surface area contributed by atoms with Crippen molar-refractivity contribution in [3.63, 3.8) is 0 Å². The molecule has 6 nitrogen and oxygen atoms in total. The van der Waals surface area contributed by atoms with Crippen molar-refractivity contribution in [3.05, 3.63) is 65.8 Å². The molecule has 4 aromatic rings. The molecule has 2 heterocycles. The predicted octanol–water partition coefficient (Wildman–Crippen LogP) is 3.92. The third-order valence-electron chi connectivity index (χ3n) is 4.10. The van der Waals surface area contributed by atoms with Crippen LogP contribution in [-0.2, 0) is 9.53 Å². The third-order valence-corrected chi connectivity index (χ3v) is 6.25. The molecule has 0 saturated heterocycles. The first-order valence-corrected chi connectivity index (χ1v) is 11.1. The van der Waals surface area contributed by atoms with Gasteiger partial charge in [-0.15, -0.1) is 0 Å². The van der Waals surface area contributed by atoms with Gasteiger partial charge in [0.1, 0.15) is 5.75 Å². The van der Waals surface area contributed by atoms with E-state index in [9.17, 15) is 9.59 Å². The van der Waals surface area contributed by atoms with Crippen LogP contribution in [0.4, 0.5) is 0 Å². The molecule has 2 aromatic carbocycles. The highest BCUT2D eigenvalue weighted by atomic mass is 79.9. The van der Waals surface area contributed by atoms with Gasteiger partial charge in [0.25, 0.3) is 5.56 Å². The minimum absolute atomic E-state index is 0.103. The summed E-state index contributed by atoms with van der Waals surface area (Å²) in [7, 11) is 0. The summed E-state index contributed by atoms with van der Waals surface area (Å²) in [6.45, 7) is 1.85. The smallest absolute Gasteiger partial charge is 0.344 e. The molecule has 0 aliphatic heterocycles. The quantitative estimate of drug-likeness (QED) is 0.361. The van der Waals surface area contributed by atoms with Crippen molar-refractivity contribution in [1.29, 1.82) is 0 Å². The van der Waals surface area contributed by atoms with Crippen LogP contribution in [0.5, 0.6) is 5.75 Å². The van der Waals surface area contributed by atoms with Gasteiger partial charge in [-0.05, 0) is 74.7 Å². The van der Waals surface area contributed by atoms with E-state index in [0.717, 1.165) is 16.6 Å². The predicted molar refractivity (Wildman–Crippen MR) is 120 cm³/mol. The van der Waals surface area contributed by atoms with Gasteiger partial charge in [-0.3, -0.25) is 4.79 Å². The molecular weight excluding hydrogens is 524 g/mol. The van der Waals surface area contributed by atoms with Gasteiger partial charge in [0.2, 0.25) is 0 Å². The van der Waals surface area contributed by atoms with E-state index in [1.165, 1.54) is 11.3 Å². The highest BCUT2D eigenvalue weighted by Crippen LogP contribution is 2.35. The van der Waals surface area contributed by atoms with Crippen LogP contribution in [0.3, 0.4) is 0 Å². The van der Waals surface area contributed by atoms with E-state index in [1.54, 1.807) is 17.4 Å². The average molecular weight is 538 g/mol. The number of halogens is 2. The number of para-hydroxylation sites is 2. The Kier molecular flexibility index (Phi) is 5.71. The summed E-state index contributed by atoms with van der Waals surface area (Å²) < 4.78 is 13.9. The number of hydrogen-bond acceptors (Lipinski definition) is 6. The van der Waals surface area contributed by atoms with Crippen LogP contribution >= 0.6 is 43.2 Å². The van der Waals surface area contributed by atoms with E-state index in [1.807, 2.05) is 36.4 Å². The van der Waals surface area contributed by atoms with Crippen LogP contribution in [0.25, 0.3) is 22.1 Å². The lowest BCUT2D eigenvalue weighted by Gasteiger charge is -2.10. The fourth-order valence-electron chi connectivity index (χ4n) is 2.90. The number of carbonyl (C=O) groups is 1. The lowest BCUT2D eigenvalue weighted by Crippen LogP contribution is -2.22. The van der Waals surface area contributed by atoms with Gasteiger partial charge in [-0.25, -0.2) is 14.2 Å². The molecule has 0 N–H and O–H groups in total. The third kappa shape index (κ3) is 3.94. The Labute approximate surface area is 186 Å². The number of carbonyl (C=O) groups excluding carboxylic acids is 1. The number of nitrogens with zero attached hydrogens (tertiary/aromatic N) is 2. The molecule has 9 heteroatoms. The molecule has 148 valence electrons. The topological polar surface area (TPSA) is 69.9 Å². The highest BCUT2D eigenvalue weighted by Gasteiger charge is 2.13. The second kappa shape index (κ2) is 8.25. The summed E-state index contributed by atoms with van der Waals surface area (Å²) in [5.74, 6) is 0.0524. The minimum atomic E-state index is -0.438. The molecule has 4 rings (SSSR count). The van der Waals surface area contributed by atoms with Crippen molar-refractivity contribution in [1.82, 2.24) is 9.38 Å². The standard InChI is InChI=1S/C20H14Br2N2O4S/c1-2-27-17(25)10-28-18-12(21)7-11(8-13(18)22)9-16-19(26)24-15-6-4-3-5-14(15)23-20(24)29-16/h3-9H,2,10H2,1H3/b16-9-. The fraction of sp³-hybridized carbons (Fsp3) is 0.150. The van der Waals surface area contributed by atoms with Gasteiger partial charge >= 0.3 is 5.97 Å².